The van der Waals surface area contributed by atoms with Gasteiger partial charge in [0.25, 0.3) is 0 Å². The van der Waals surface area contributed by atoms with Crippen molar-refractivity contribution in [3.63, 3.8) is 0 Å². The number of carbonyl (C=O) groups is 5. The third-order valence-corrected chi connectivity index (χ3v) is 6.15. The van der Waals surface area contributed by atoms with E-state index in [1.165, 1.54) is 0 Å². The van der Waals surface area contributed by atoms with E-state index in [0.29, 0.717) is 0 Å². The Morgan fingerprint density at radius 2 is 1.62 bits per heavy atom. The van der Waals surface area contributed by atoms with E-state index in [1.807, 2.05) is 24.3 Å². The molecule has 1 aromatic heterocycles. The van der Waals surface area contributed by atoms with E-state index >= 15 is 0 Å². The van der Waals surface area contributed by atoms with E-state index in [0.717, 1.165) is 16.5 Å². The number of carboxylic acids is 2. The summed E-state index contributed by atoms with van der Waals surface area (Å²) in [6.45, 7) is 3.35. The SMILES string of the molecule is CC(C)C(NC(=O)C(Cc1c[nH]c2ccccc12)NC(=O)C(N)CCC(=O)O)C(=O)NC(CS)C(=O)O. The molecule has 0 bridgehead atoms. The Hall–Kier alpha value is -3.58. The number of hydrogen-bond acceptors (Lipinski definition) is 7. The maximum Gasteiger partial charge on any atom is 0.327 e. The summed E-state index contributed by atoms with van der Waals surface area (Å²) in [5.41, 5.74) is 7.38. The largest absolute Gasteiger partial charge is 0.481 e. The molecule has 0 aliphatic carbocycles. The lowest BCUT2D eigenvalue weighted by Gasteiger charge is -2.27. The second-order valence-electron chi connectivity index (χ2n) is 8.98. The minimum Gasteiger partial charge on any atom is -0.481 e. The Morgan fingerprint density at radius 1 is 0.973 bits per heavy atom. The Kier molecular flexibility index (Phi) is 10.9. The predicted molar refractivity (Wildman–Crippen MR) is 139 cm³/mol. The zero-order valence-corrected chi connectivity index (χ0v) is 21.5. The molecule has 4 atom stereocenters. The summed E-state index contributed by atoms with van der Waals surface area (Å²) in [5.74, 6) is -5.04. The first-order valence-corrected chi connectivity index (χ1v) is 12.3. The zero-order chi connectivity index (χ0) is 27.7. The summed E-state index contributed by atoms with van der Waals surface area (Å²) < 4.78 is 0. The highest BCUT2D eigenvalue weighted by molar-refractivity contribution is 7.80. The lowest BCUT2D eigenvalue weighted by atomic mass is 10.00. The fourth-order valence-corrected chi connectivity index (χ4v) is 3.90. The minimum atomic E-state index is -1.27. The highest BCUT2D eigenvalue weighted by atomic mass is 32.1. The summed E-state index contributed by atoms with van der Waals surface area (Å²) in [7, 11) is 0. The first-order chi connectivity index (χ1) is 17.4. The smallest absolute Gasteiger partial charge is 0.327 e. The second kappa shape index (κ2) is 13.7. The molecule has 1 heterocycles. The van der Waals surface area contributed by atoms with Crippen molar-refractivity contribution in [1.29, 1.82) is 0 Å². The standard InChI is InChI=1S/C24H33N5O7S/c1-12(2)20(23(34)28-18(11-37)24(35)36)29-22(33)17(27-21(32)15(25)7-8-19(30)31)9-13-10-26-16-6-4-3-5-14(13)16/h3-6,10,12,15,17-18,20,26,37H,7-9,11,25H2,1-2H3,(H,27,32)(H,28,34)(H,29,33)(H,30,31)(H,35,36). The first kappa shape index (κ1) is 29.6. The van der Waals surface area contributed by atoms with Gasteiger partial charge in [0.15, 0.2) is 0 Å². The van der Waals surface area contributed by atoms with Crippen LogP contribution in [0, 0.1) is 5.92 Å². The van der Waals surface area contributed by atoms with Crippen LogP contribution in [0.5, 0.6) is 0 Å². The molecule has 2 rings (SSSR count). The number of fused-ring (bicyclic) bond motifs is 1. The molecule has 2 aromatic rings. The Morgan fingerprint density at radius 3 is 2.22 bits per heavy atom. The lowest BCUT2D eigenvalue weighted by Crippen LogP contribution is -2.59. The third kappa shape index (κ3) is 8.50. The van der Waals surface area contributed by atoms with Gasteiger partial charge >= 0.3 is 11.9 Å². The van der Waals surface area contributed by atoms with Gasteiger partial charge in [-0.15, -0.1) is 0 Å². The molecule has 1 aromatic carbocycles. The number of aromatic nitrogens is 1. The predicted octanol–water partition coefficient (Wildman–Crippen LogP) is 0.0273. The average molecular weight is 536 g/mol. The molecule has 0 spiro atoms. The van der Waals surface area contributed by atoms with Crippen LogP contribution in [-0.4, -0.2) is 74.8 Å². The first-order valence-electron chi connectivity index (χ1n) is 11.7. The number of nitrogens with two attached hydrogens (primary N) is 1. The van der Waals surface area contributed by atoms with E-state index in [-0.39, 0.29) is 25.0 Å². The molecule has 0 saturated heterocycles. The molecule has 12 nitrogen and oxygen atoms in total. The average Bonchev–Trinajstić information content (AvgIpc) is 3.25. The van der Waals surface area contributed by atoms with Crippen molar-refractivity contribution in [2.24, 2.45) is 11.7 Å². The quantitative estimate of drug-likeness (QED) is 0.155. The van der Waals surface area contributed by atoms with Crippen molar-refractivity contribution in [1.82, 2.24) is 20.9 Å². The second-order valence-corrected chi connectivity index (χ2v) is 9.34. The van der Waals surface area contributed by atoms with E-state index in [9.17, 15) is 29.1 Å². The van der Waals surface area contributed by atoms with Crippen molar-refractivity contribution in [3.05, 3.63) is 36.0 Å². The van der Waals surface area contributed by atoms with Crippen LogP contribution >= 0.6 is 12.6 Å². The van der Waals surface area contributed by atoms with Gasteiger partial charge in [-0.25, -0.2) is 4.79 Å². The maximum absolute atomic E-state index is 13.4. The number of thiol groups is 1. The molecule has 0 saturated carbocycles. The monoisotopic (exact) mass is 535 g/mol. The summed E-state index contributed by atoms with van der Waals surface area (Å²) in [4.78, 5) is 64.1. The minimum absolute atomic E-state index is 0.0497. The van der Waals surface area contributed by atoms with Gasteiger partial charge < -0.3 is 36.9 Å². The summed E-state index contributed by atoms with van der Waals surface area (Å²) in [6.07, 6.45) is 1.31. The number of para-hydroxylation sites is 1. The fourth-order valence-electron chi connectivity index (χ4n) is 3.65. The van der Waals surface area contributed by atoms with Crippen molar-refractivity contribution in [2.45, 2.75) is 57.3 Å². The highest BCUT2D eigenvalue weighted by Gasteiger charge is 2.32. The summed E-state index contributed by atoms with van der Waals surface area (Å²) >= 11 is 3.94. The number of rotatable bonds is 14. The molecule has 0 fully saturated rings. The number of H-pyrrole nitrogens is 1. The van der Waals surface area contributed by atoms with Gasteiger partial charge in [-0.2, -0.15) is 12.6 Å². The third-order valence-electron chi connectivity index (χ3n) is 5.78. The van der Waals surface area contributed by atoms with Gasteiger partial charge in [0, 0.05) is 35.7 Å². The van der Waals surface area contributed by atoms with Crippen LogP contribution in [0.15, 0.2) is 30.5 Å². The van der Waals surface area contributed by atoms with E-state index < -0.39 is 59.7 Å². The Balaban J connectivity index is 2.27. The lowest BCUT2D eigenvalue weighted by molar-refractivity contribution is -0.142. The molecule has 0 aliphatic rings. The molecule has 3 amide bonds. The van der Waals surface area contributed by atoms with Gasteiger partial charge in [0.2, 0.25) is 17.7 Å². The van der Waals surface area contributed by atoms with Crippen molar-refractivity contribution in [2.75, 3.05) is 5.75 Å². The van der Waals surface area contributed by atoms with E-state index in [1.54, 1.807) is 20.0 Å². The molecular formula is C24H33N5O7S. The number of aliphatic carboxylic acids is 2. The van der Waals surface area contributed by atoms with Crippen molar-refractivity contribution in [3.8, 4) is 0 Å². The zero-order valence-electron chi connectivity index (χ0n) is 20.6. The van der Waals surface area contributed by atoms with Crippen LogP contribution in [0.3, 0.4) is 0 Å². The number of carbonyl (C=O) groups excluding carboxylic acids is 3. The van der Waals surface area contributed by atoms with Crippen LogP contribution in [0.4, 0.5) is 0 Å². The van der Waals surface area contributed by atoms with Gasteiger partial charge in [0.1, 0.15) is 18.1 Å². The number of benzene rings is 1. The fraction of sp³-hybridized carbons (Fsp3) is 0.458. The Labute approximate surface area is 219 Å². The topological polar surface area (TPSA) is 204 Å². The van der Waals surface area contributed by atoms with E-state index in [4.69, 9.17) is 10.8 Å². The van der Waals surface area contributed by atoms with Gasteiger partial charge in [0.05, 0.1) is 6.04 Å². The Bertz CT molecular complexity index is 1140. The van der Waals surface area contributed by atoms with Gasteiger partial charge in [-0.05, 0) is 24.0 Å². The molecular weight excluding hydrogens is 502 g/mol. The molecule has 0 aliphatic heterocycles. The normalized spacial score (nSPS) is 14.4. The number of aromatic amines is 1. The van der Waals surface area contributed by atoms with Crippen LogP contribution in [0.1, 0.15) is 32.3 Å². The molecule has 37 heavy (non-hydrogen) atoms. The molecule has 13 heteroatoms. The van der Waals surface area contributed by atoms with E-state index in [2.05, 4.69) is 33.6 Å². The summed E-state index contributed by atoms with van der Waals surface area (Å²) in [6, 6.07) is 2.71. The number of nitrogens with one attached hydrogen (secondary N) is 4. The molecule has 4 unspecified atom stereocenters. The molecule has 0 radical (unpaired) electrons. The maximum atomic E-state index is 13.4. The van der Waals surface area contributed by atoms with Crippen LogP contribution in [0.2, 0.25) is 0 Å². The number of amides is 3. The molecule has 8 N–H and O–H groups in total. The summed E-state index contributed by atoms with van der Waals surface area (Å²) in [5, 5.41) is 26.5. The van der Waals surface area contributed by atoms with Gasteiger partial charge in [-0.3, -0.25) is 19.2 Å². The van der Waals surface area contributed by atoms with Crippen LogP contribution < -0.4 is 21.7 Å². The van der Waals surface area contributed by atoms with Gasteiger partial charge in [-0.1, -0.05) is 32.0 Å². The van der Waals surface area contributed by atoms with Crippen LogP contribution in [-0.2, 0) is 30.4 Å². The van der Waals surface area contributed by atoms with Crippen molar-refractivity contribution >= 4 is 53.2 Å². The van der Waals surface area contributed by atoms with Crippen LogP contribution in [0.25, 0.3) is 10.9 Å². The highest BCUT2D eigenvalue weighted by Crippen LogP contribution is 2.19. The van der Waals surface area contributed by atoms with Crippen molar-refractivity contribution < 1.29 is 34.2 Å². The molecule has 202 valence electrons. The number of carboxylic acid groups (broad SMARTS) is 2. The number of hydrogen-bond donors (Lipinski definition) is 8.